The molecular formula is C15H21N3O. The van der Waals surface area contributed by atoms with Crippen LogP contribution in [0, 0.1) is 16.7 Å². The highest BCUT2D eigenvalue weighted by atomic mass is 16.3. The Morgan fingerprint density at radius 2 is 2.05 bits per heavy atom. The first-order chi connectivity index (χ1) is 8.92. The maximum absolute atomic E-state index is 10.5. The summed E-state index contributed by atoms with van der Waals surface area (Å²) in [5.41, 5.74) is 0.939. The smallest absolute Gasteiger partial charge is 0.142 e. The first-order valence-electron chi connectivity index (χ1n) is 6.75. The largest absolute Gasteiger partial charge is 0.388 e. The molecule has 1 aromatic heterocycles. The van der Waals surface area contributed by atoms with Gasteiger partial charge in [-0.25, -0.2) is 4.98 Å². The van der Waals surface area contributed by atoms with Crippen LogP contribution in [0.25, 0.3) is 0 Å². The maximum atomic E-state index is 10.5. The molecule has 0 unspecified atom stereocenters. The molecule has 0 spiro atoms. The van der Waals surface area contributed by atoms with E-state index in [2.05, 4.69) is 24.1 Å². The second kappa shape index (κ2) is 5.18. The van der Waals surface area contributed by atoms with E-state index >= 15 is 0 Å². The maximum Gasteiger partial charge on any atom is 0.142 e. The third-order valence-corrected chi connectivity index (χ3v) is 4.03. The first kappa shape index (κ1) is 13.8. The third-order valence-electron chi connectivity index (χ3n) is 4.03. The van der Waals surface area contributed by atoms with E-state index < -0.39 is 5.60 Å². The molecule has 1 aromatic rings. The van der Waals surface area contributed by atoms with Gasteiger partial charge < -0.3 is 10.4 Å². The molecule has 0 atom stereocenters. The highest BCUT2D eigenvalue weighted by Crippen LogP contribution is 2.40. The highest BCUT2D eigenvalue weighted by Gasteiger charge is 2.36. The van der Waals surface area contributed by atoms with Crippen molar-refractivity contribution in [2.75, 3.05) is 11.9 Å². The zero-order chi connectivity index (χ0) is 13.9. The number of nitriles is 1. The van der Waals surface area contributed by atoms with Crippen molar-refractivity contribution in [1.29, 1.82) is 5.26 Å². The van der Waals surface area contributed by atoms with Gasteiger partial charge in [0.05, 0.1) is 5.60 Å². The molecule has 4 heteroatoms. The zero-order valence-electron chi connectivity index (χ0n) is 11.6. The van der Waals surface area contributed by atoms with Crippen molar-refractivity contribution in [2.45, 2.75) is 45.1 Å². The number of pyridine rings is 1. The lowest BCUT2D eigenvalue weighted by molar-refractivity contribution is -0.0145. The Bertz CT molecular complexity index is 480. The number of nitrogens with zero attached hydrogens (tertiary/aromatic N) is 2. The lowest BCUT2D eigenvalue weighted by atomic mass is 9.71. The minimum Gasteiger partial charge on any atom is -0.388 e. The van der Waals surface area contributed by atoms with Gasteiger partial charge in [-0.3, -0.25) is 0 Å². The predicted molar refractivity (Wildman–Crippen MR) is 74.6 cm³/mol. The Labute approximate surface area is 114 Å². The lowest BCUT2D eigenvalue weighted by Crippen LogP contribution is -2.42. The van der Waals surface area contributed by atoms with Crippen molar-refractivity contribution >= 4 is 5.69 Å². The molecule has 2 rings (SSSR count). The molecule has 0 bridgehead atoms. The van der Waals surface area contributed by atoms with Crippen LogP contribution in [0.4, 0.5) is 5.69 Å². The molecule has 1 aliphatic rings. The fourth-order valence-corrected chi connectivity index (χ4v) is 2.44. The summed E-state index contributed by atoms with van der Waals surface area (Å²) in [6.07, 6.45) is 5.34. The minimum absolute atomic E-state index is 0.344. The second-order valence-corrected chi connectivity index (χ2v) is 6.28. The molecule has 0 saturated heterocycles. The van der Waals surface area contributed by atoms with Gasteiger partial charge in [0.15, 0.2) is 0 Å². The molecule has 1 aliphatic carbocycles. The average Bonchev–Trinajstić information content (AvgIpc) is 2.41. The van der Waals surface area contributed by atoms with Crippen LogP contribution >= 0.6 is 0 Å². The fraction of sp³-hybridized carbons (Fsp3) is 0.600. The Balaban J connectivity index is 1.93. The Morgan fingerprint density at radius 1 is 1.37 bits per heavy atom. The van der Waals surface area contributed by atoms with Crippen LogP contribution in [0.5, 0.6) is 0 Å². The van der Waals surface area contributed by atoms with Gasteiger partial charge >= 0.3 is 0 Å². The molecule has 102 valence electrons. The average molecular weight is 259 g/mol. The van der Waals surface area contributed by atoms with Crippen LogP contribution in [-0.4, -0.2) is 22.2 Å². The molecule has 0 amide bonds. The standard InChI is InChI=1S/C15H21N3O/c1-14(2)4-6-15(19,7-5-14)11-18-12-3-8-17-13(9-12)10-16/h3,8-9,19H,4-7,11H2,1-2H3,(H,17,18). The summed E-state index contributed by atoms with van der Waals surface area (Å²) in [5, 5.41) is 22.6. The SMILES string of the molecule is CC1(C)CCC(O)(CNc2ccnc(C#N)c2)CC1. The number of aromatic nitrogens is 1. The van der Waals surface area contributed by atoms with Crippen molar-refractivity contribution in [1.82, 2.24) is 4.98 Å². The summed E-state index contributed by atoms with van der Waals surface area (Å²) in [5.74, 6) is 0. The van der Waals surface area contributed by atoms with Crippen molar-refractivity contribution in [3.05, 3.63) is 24.0 Å². The van der Waals surface area contributed by atoms with E-state index in [1.54, 1.807) is 12.3 Å². The topological polar surface area (TPSA) is 68.9 Å². The number of nitrogens with one attached hydrogen (secondary N) is 1. The van der Waals surface area contributed by atoms with Crippen LogP contribution in [0.2, 0.25) is 0 Å². The van der Waals surface area contributed by atoms with Crippen LogP contribution in [-0.2, 0) is 0 Å². The molecule has 0 radical (unpaired) electrons. The second-order valence-electron chi connectivity index (χ2n) is 6.28. The van der Waals surface area contributed by atoms with Crippen LogP contribution in [0.3, 0.4) is 0 Å². The number of hydrogen-bond donors (Lipinski definition) is 2. The summed E-state index contributed by atoms with van der Waals surface area (Å²) in [6.45, 7) is 5.03. The van der Waals surface area contributed by atoms with Gasteiger partial charge in [0.2, 0.25) is 0 Å². The lowest BCUT2D eigenvalue weighted by Gasteiger charge is -2.40. The van der Waals surface area contributed by atoms with E-state index in [0.717, 1.165) is 31.4 Å². The van der Waals surface area contributed by atoms with Crippen LogP contribution in [0.15, 0.2) is 18.3 Å². The summed E-state index contributed by atoms with van der Waals surface area (Å²) >= 11 is 0. The number of anilines is 1. The monoisotopic (exact) mass is 259 g/mol. The highest BCUT2D eigenvalue weighted by molar-refractivity contribution is 5.46. The van der Waals surface area contributed by atoms with Gasteiger partial charge in [-0.05, 0) is 43.2 Å². The predicted octanol–water partition coefficient (Wildman–Crippen LogP) is 2.70. The molecule has 0 aromatic carbocycles. The van der Waals surface area contributed by atoms with E-state index in [-0.39, 0.29) is 0 Å². The Hall–Kier alpha value is -1.60. The van der Waals surface area contributed by atoms with Crippen molar-refractivity contribution in [2.24, 2.45) is 5.41 Å². The van der Waals surface area contributed by atoms with E-state index in [9.17, 15) is 5.11 Å². The van der Waals surface area contributed by atoms with Gasteiger partial charge in [0.25, 0.3) is 0 Å². The van der Waals surface area contributed by atoms with E-state index in [1.807, 2.05) is 12.1 Å². The zero-order valence-corrected chi connectivity index (χ0v) is 11.6. The molecule has 1 heterocycles. The Morgan fingerprint density at radius 3 is 2.68 bits per heavy atom. The van der Waals surface area contributed by atoms with Gasteiger partial charge in [-0.1, -0.05) is 13.8 Å². The van der Waals surface area contributed by atoms with Crippen LogP contribution in [0.1, 0.15) is 45.2 Å². The number of hydrogen-bond acceptors (Lipinski definition) is 4. The Kier molecular flexibility index (Phi) is 3.77. The van der Waals surface area contributed by atoms with Gasteiger partial charge in [0.1, 0.15) is 11.8 Å². The molecule has 2 N–H and O–H groups in total. The summed E-state index contributed by atoms with van der Waals surface area (Å²) in [4.78, 5) is 3.93. The summed E-state index contributed by atoms with van der Waals surface area (Å²) in [6, 6.07) is 5.53. The minimum atomic E-state index is -0.633. The van der Waals surface area contributed by atoms with Gasteiger partial charge in [-0.15, -0.1) is 0 Å². The quantitative estimate of drug-likeness (QED) is 0.875. The normalized spacial score (nSPS) is 20.5. The van der Waals surface area contributed by atoms with Crippen LogP contribution < -0.4 is 5.32 Å². The molecule has 19 heavy (non-hydrogen) atoms. The van der Waals surface area contributed by atoms with Crippen molar-refractivity contribution < 1.29 is 5.11 Å². The first-order valence-corrected chi connectivity index (χ1v) is 6.75. The number of aliphatic hydroxyl groups is 1. The van der Waals surface area contributed by atoms with E-state index in [4.69, 9.17) is 5.26 Å². The van der Waals surface area contributed by atoms with Crippen molar-refractivity contribution in [3.63, 3.8) is 0 Å². The molecule has 1 saturated carbocycles. The van der Waals surface area contributed by atoms with Gasteiger partial charge in [0, 0.05) is 18.4 Å². The van der Waals surface area contributed by atoms with Gasteiger partial charge in [-0.2, -0.15) is 5.26 Å². The molecule has 4 nitrogen and oxygen atoms in total. The summed E-state index contributed by atoms with van der Waals surface area (Å²) < 4.78 is 0. The van der Waals surface area contributed by atoms with Crippen molar-refractivity contribution in [3.8, 4) is 6.07 Å². The molecule has 0 aliphatic heterocycles. The number of rotatable bonds is 3. The third kappa shape index (κ3) is 3.68. The molecule has 1 fully saturated rings. The summed E-state index contributed by atoms with van der Waals surface area (Å²) in [7, 11) is 0. The van der Waals surface area contributed by atoms with E-state index in [1.165, 1.54) is 0 Å². The fourth-order valence-electron chi connectivity index (χ4n) is 2.44. The van der Waals surface area contributed by atoms with E-state index in [0.29, 0.717) is 17.7 Å². The molecular weight excluding hydrogens is 238 g/mol.